The second-order valence-electron chi connectivity index (χ2n) is 2.27. The average molecular weight is 170 g/mol. The Bertz CT molecular complexity index is 97.7. The Hall–Kier alpha value is -0.250. The van der Waals surface area contributed by atoms with Gasteiger partial charge in [-0.3, -0.25) is 0 Å². The molecule has 0 aliphatic rings. The van der Waals surface area contributed by atoms with Gasteiger partial charge in [-0.1, -0.05) is 0 Å². The Labute approximate surface area is 64.5 Å². The monoisotopic (exact) mass is 170 g/mol. The Morgan fingerprint density at radius 2 is 1.91 bits per heavy atom. The van der Waals surface area contributed by atoms with Crippen LogP contribution in [-0.2, 0) is 4.74 Å². The summed E-state index contributed by atoms with van der Waals surface area (Å²) in [6.07, 6.45) is -4.58. The highest BCUT2D eigenvalue weighted by atomic mass is 19.2. The lowest BCUT2D eigenvalue weighted by Crippen LogP contribution is -2.34. The second kappa shape index (κ2) is 5.41. The van der Waals surface area contributed by atoms with Crippen LogP contribution in [0.2, 0.25) is 0 Å². The third kappa shape index (κ3) is 3.60. The maximum atomic E-state index is 12.5. The van der Waals surface area contributed by atoms with Gasteiger partial charge in [-0.2, -0.15) is 0 Å². The maximum absolute atomic E-state index is 12.5. The summed E-state index contributed by atoms with van der Waals surface area (Å²) in [4.78, 5) is 0. The van der Waals surface area contributed by atoms with E-state index in [2.05, 4.69) is 4.74 Å². The molecule has 0 spiro atoms. The SMILES string of the molecule is CCOC(C(C)F)C(F)CF. The fourth-order valence-electron chi connectivity index (χ4n) is 0.805. The van der Waals surface area contributed by atoms with Gasteiger partial charge < -0.3 is 4.74 Å². The molecule has 11 heavy (non-hydrogen) atoms. The van der Waals surface area contributed by atoms with Crippen LogP contribution in [0.25, 0.3) is 0 Å². The van der Waals surface area contributed by atoms with Gasteiger partial charge >= 0.3 is 0 Å². The van der Waals surface area contributed by atoms with E-state index in [9.17, 15) is 13.2 Å². The number of hydrogen-bond acceptors (Lipinski definition) is 1. The molecule has 0 aromatic rings. The maximum Gasteiger partial charge on any atom is 0.157 e. The molecule has 0 rings (SSSR count). The van der Waals surface area contributed by atoms with E-state index in [4.69, 9.17) is 0 Å². The molecule has 0 heterocycles. The minimum atomic E-state index is -1.85. The van der Waals surface area contributed by atoms with Crippen molar-refractivity contribution in [2.75, 3.05) is 13.3 Å². The molecule has 0 saturated heterocycles. The average Bonchev–Trinajstić information content (AvgIpc) is 1.98. The third-order valence-corrected chi connectivity index (χ3v) is 1.32. The Morgan fingerprint density at radius 1 is 1.36 bits per heavy atom. The highest BCUT2D eigenvalue weighted by Gasteiger charge is 2.27. The predicted octanol–water partition coefficient (Wildman–Crippen LogP) is 2.06. The molecule has 0 aromatic heterocycles. The van der Waals surface area contributed by atoms with E-state index in [1.54, 1.807) is 6.92 Å². The fraction of sp³-hybridized carbons (Fsp3) is 1.00. The van der Waals surface area contributed by atoms with Gasteiger partial charge in [0.25, 0.3) is 0 Å². The van der Waals surface area contributed by atoms with Crippen LogP contribution >= 0.6 is 0 Å². The normalized spacial score (nSPS) is 19.4. The van der Waals surface area contributed by atoms with Gasteiger partial charge in [-0.05, 0) is 13.8 Å². The highest BCUT2D eigenvalue weighted by Crippen LogP contribution is 2.12. The minimum absolute atomic E-state index is 0.194. The summed E-state index contributed by atoms with van der Waals surface area (Å²) in [6.45, 7) is 1.77. The van der Waals surface area contributed by atoms with Gasteiger partial charge in [0.2, 0.25) is 0 Å². The van der Waals surface area contributed by atoms with Gasteiger partial charge in [0.15, 0.2) is 6.17 Å². The fourth-order valence-corrected chi connectivity index (χ4v) is 0.805. The molecule has 0 saturated carbocycles. The van der Waals surface area contributed by atoms with Crippen molar-refractivity contribution in [3.05, 3.63) is 0 Å². The van der Waals surface area contributed by atoms with Crippen LogP contribution in [0.4, 0.5) is 13.2 Å². The van der Waals surface area contributed by atoms with E-state index in [1.807, 2.05) is 0 Å². The van der Waals surface area contributed by atoms with Crippen LogP contribution in [0.1, 0.15) is 13.8 Å². The standard InChI is InChI=1S/C7H13F3O/c1-3-11-7(5(2)9)6(10)4-8/h5-7H,3-4H2,1-2H3. The van der Waals surface area contributed by atoms with Gasteiger partial charge in [0.05, 0.1) is 0 Å². The number of ether oxygens (including phenoxy) is 1. The van der Waals surface area contributed by atoms with E-state index < -0.39 is 25.1 Å². The molecule has 3 unspecified atom stereocenters. The molecule has 0 N–H and O–H groups in total. The van der Waals surface area contributed by atoms with Crippen molar-refractivity contribution in [1.82, 2.24) is 0 Å². The van der Waals surface area contributed by atoms with Crippen LogP contribution in [0.15, 0.2) is 0 Å². The molecular formula is C7H13F3O. The van der Waals surface area contributed by atoms with E-state index >= 15 is 0 Å². The Kier molecular flexibility index (Phi) is 5.28. The molecular weight excluding hydrogens is 157 g/mol. The predicted molar refractivity (Wildman–Crippen MR) is 36.9 cm³/mol. The van der Waals surface area contributed by atoms with Crippen molar-refractivity contribution >= 4 is 0 Å². The van der Waals surface area contributed by atoms with Crippen LogP contribution in [0.5, 0.6) is 0 Å². The van der Waals surface area contributed by atoms with Gasteiger partial charge in [0.1, 0.15) is 19.0 Å². The lowest BCUT2D eigenvalue weighted by Gasteiger charge is -2.19. The topological polar surface area (TPSA) is 9.23 Å². The van der Waals surface area contributed by atoms with Crippen LogP contribution < -0.4 is 0 Å². The summed E-state index contributed by atoms with van der Waals surface area (Å²) in [7, 11) is 0. The molecule has 0 bridgehead atoms. The number of halogens is 3. The molecule has 0 aliphatic heterocycles. The van der Waals surface area contributed by atoms with E-state index in [1.165, 1.54) is 0 Å². The third-order valence-electron chi connectivity index (χ3n) is 1.32. The van der Waals surface area contributed by atoms with E-state index in [-0.39, 0.29) is 6.61 Å². The summed E-state index contributed by atoms with van der Waals surface area (Å²) >= 11 is 0. The van der Waals surface area contributed by atoms with E-state index in [0.29, 0.717) is 0 Å². The Morgan fingerprint density at radius 3 is 2.18 bits per heavy atom. The lowest BCUT2D eigenvalue weighted by molar-refractivity contribution is -0.0446. The van der Waals surface area contributed by atoms with Crippen LogP contribution in [0.3, 0.4) is 0 Å². The molecule has 0 aromatic carbocycles. The van der Waals surface area contributed by atoms with Crippen molar-refractivity contribution in [2.45, 2.75) is 32.3 Å². The number of hydrogen-bond donors (Lipinski definition) is 0. The zero-order valence-electron chi connectivity index (χ0n) is 6.69. The van der Waals surface area contributed by atoms with Crippen molar-refractivity contribution in [3.8, 4) is 0 Å². The summed E-state index contributed by atoms with van der Waals surface area (Å²) in [6, 6.07) is 0. The lowest BCUT2D eigenvalue weighted by atomic mass is 10.1. The van der Waals surface area contributed by atoms with Crippen LogP contribution in [-0.4, -0.2) is 31.7 Å². The molecule has 3 atom stereocenters. The van der Waals surface area contributed by atoms with Gasteiger partial charge in [0, 0.05) is 6.61 Å². The zero-order valence-corrected chi connectivity index (χ0v) is 6.69. The molecule has 4 heteroatoms. The summed E-state index contributed by atoms with van der Waals surface area (Å²) in [5.74, 6) is 0. The van der Waals surface area contributed by atoms with Gasteiger partial charge in [-0.15, -0.1) is 0 Å². The second-order valence-corrected chi connectivity index (χ2v) is 2.27. The van der Waals surface area contributed by atoms with Gasteiger partial charge in [-0.25, -0.2) is 13.2 Å². The molecule has 0 fully saturated rings. The first kappa shape index (κ1) is 10.8. The Balaban J connectivity index is 3.87. The molecule has 0 aliphatic carbocycles. The first-order chi connectivity index (χ1) is 5.13. The first-order valence-corrected chi connectivity index (χ1v) is 3.59. The summed E-state index contributed by atoms with van der Waals surface area (Å²) in [5, 5.41) is 0. The van der Waals surface area contributed by atoms with E-state index in [0.717, 1.165) is 6.92 Å². The zero-order chi connectivity index (χ0) is 8.85. The molecule has 68 valence electrons. The molecule has 0 amide bonds. The van der Waals surface area contributed by atoms with Crippen molar-refractivity contribution < 1.29 is 17.9 Å². The number of rotatable bonds is 5. The summed E-state index contributed by atoms with van der Waals surface area (Å²) < 4.78 is 41.3. The number of alkyl halides is 3. The van der Waals surface area contributed by atoms with Crippen molar-refractivity contribution in [2.24, 2.45) is 0 Å². The van der Waals surface area contributed by atoms with Crippen molar-refractivity contribution in [1.29, 1.82) is 0 Å². The van der Waals surface area contributed by atoms with Crippen LogP contribution in [0, 0.1) is 0 Å². The highest BCUT2D eigenvalue weighted by molar-refractivity contribution is 4.73. The largest absolute Gasteiger partial charge is 0.372 e. The molecule has 0 radical (unpaired) electrons. The first-order valence-electron chi connectivity index (χ1n) is 3.59. The minimum Gasteiger partial charge on any atom is -0.372 e. The summed E-state index contributed by atoms with van der Waals surface area (Å²) in [5.41, 5.74) is 0. The smallest absolute Gasteiger partial charge is 0.157 e. The van der Waals surface area contributed by atoms with Crippen molar-refractivity contribution in [3.63, 3.8) is 0 Å². The quantitative estimate of drug-likeness (QED) is 0.613. The molecule has 1 nitrogen and oxygen atoms in total.